The maximum atomic E-state index is 13.7. The number of nitrogens with one attached hydrogen (secondary N) is 1. The quantitative estimate of drug-likeness (QED) is 0.813. The zero-order valence-electron chi connectivity index (χ0n) is 16.5. The highest BCUT2D eigenvalue weighted by molar-refractivity contribution is 6.10. The van der Waals surface area contributed by atoms with Gasteiger partial charge in [0.2, 0.25) is 11.8 Å². The molecule has 1 atom stereocenters. The topological polar surface area (TPSA) is 69.7 Å². The Morgan fingerprint density at radius 2 is 1.90 bits per heavy atom. The van der Waals surface area contributed by atoms with E-state index < -0.39 is 23.2 Å². The lowest BCUT2D eigenvalue weighted by Gasteiger charge is -2.48. The molecule has 2 aromatic carbocycles. The van der Waals surface area contributed by atoms with Crippen LogP contribution in [0.25, 0.3) is 0 Å². The van der Waals surface area contributed by atoms with Gasteiger partial charge in [0.15, 0.2) is 11.6 Å². The third-order valence-electron chi connectivity index (χ3n) is 5.76. The summed E-state index contributed by atoms with van der Waals surface area (Å²) in [5.41, 5.74) is 0.0651. The number of benzene rings is 2. The van der Waals surface area contributed by atoms with Gasteiger partial charge < -0.3 is 10.2 Å². The minimum Gasteiger partial charge on any atom is -0.324 e. The van der Waals surface area contributed by atoms with Gasteiger partial charge in [-0.2, -0.15) is 0 Å². The van der Waals surface area contributed by atoms with Crippen molar-refractivity contribution in [1.29, 1.82) is 0 Å². The number of anilines is 2. The van der Waals surface area contributed by atoms with E-state index in [4.69, 9.17) is 0 Å². The lowest BCUT2D eigenvalue weighted by molar-refractivity contribution is -0.118. The second-order valence-electron chi connectivity index (χ2n) is 7.67. The Balaban J connectivity index is 1.47. The molecule has 3 amide bonds. The molecule has 0 spiro atoms. The second-order valence-corrected chi connectivity index (χ2v) is 7.67. The fourth-order valence-electron chi connectivity index (χ4n) is 4.25. The first-order valence-electron chi connectivity index (χ1n) is 9.81. The van der Waals surface area contributed by atoms with E-state index in [0.717, 1.165) is 6.07 Å². The van der Waals surface area contributed by atoms with E-state index in [-0.39, 0.29) is 30.5 Å². The maximum absolute atomic E-state index is 13.7. The van der Waals surface area contributed by atoms with Crippen molar-refractivity contribution >= 4 is 29.1 Å². The van der Waals surface area contributed by atoms with Gasteiger partial charge in [-0.3, -0.25) is 19.3 Å². The van der Waals surface area contributed by atoms with Crippen LogP contribution in [0, 0.1) is 11.6 Å². The van der Waals surface area contributed by atoms with Crippen LogP contribution in [0.15, 0.2) is 42.5 Å². The lowest BCUT2D eigenvalue weighted by Crippen LogP contribution is -2.62. The molecule has 4 rings (SSSR count). The first-order chi connectivity index (χ1) is 14.3. The summed E-state index contributed by atoms with van der Waals surface area (Å²) in [5.74, 6) is -2.85. The molecular weight excluding hydrogens is 392 g/mol. The first kappa shape index (κ1) is 20.0. The summed E-state index contributed by atoms with van der Waals surface area (Å²) in [6.45, 7) is 2.11. The van der Waals surface area contributed by atoms with Crippen molar-refractivity contribution in [3.8, 4) is 0 Å². The van der Waals surface area contributed by atoms with Crippen molar-refractivity contribution in [1.82, 2.24) is 4.90 Å². The predicted octanol–water partition coefficient (Wildman–Crippen LogP) is 3.68. The van der Waals surface area contributed by atoms with Crippen molar-refractivity contribution < 1.29 is 23.2 Å². The molecule has 1 unspecified atom stereocenters. The predicted molar refractivity (Wildman–Crippen MR) is 107 cm³/mol. The van der Waals surface area contributed by atoms with Gasteiger partial charge in [0.25, 0.3) is 5.91 Å². The number of carbonyl (C=O) groups is 3. The van der Waals surface area contributed by atoms with Crippen molar-refractivity contribution in [2.75, 3.05) is 16.8 Å². The standard InChI is InChI=1S/C22H21F2N3O3/c1-22-12-11-19(29)27(22)17-9-3-2-6-14(17)21(30)26(22)13-5-10-18(28)25-16-8-4-7-15(23)20(16)24/h2-4,6-9H,5,10-13H2,1H3,(H,25,28). The zero-order valence-corrected chi connectivity index (χ0v) is 16.5. The number of rotatable bonds is 5. The molecule has 1 saturated heterocycles. The van der Waals surface area contributed by atoms with Gasteiger partial charge in [0, 0.05) is 19.4 Å². The second kappa shape index (κ2) is 7.51. The minimum absolute atomic E-state index is 0.0193. The normalized spacial score (nSPS) is 20.2. The molecule has 0 saturated carbocycles. The highest BCUT2D eigenvalue weighted by atomic mass is 19.2. The van der Waals surface area contributed by atoms with E-state index in [1.165, 1.54) is 12.1 Å². The van der Waals surface area contributed by atoms with Crippen LogP contribution in [0.5, 0.6) is 0 Å². The molecule has 2 heterocycles. The molecule has 0 aromatic heterocycles. The highest BCUT2D eigenvalue weighted by Gasteiger charge is 2.52. The van der Waals surface area contributed by atoms with Crippen LogP contribution in [0.4, 0.5) is 20.2 Å². The summed E-state index contributed by atoms with van der Waals surface area (Å²) in [5, 5.41) is 2.36. The molecule has 0 bridgehead atoms. The van der Waals surface area contributed by atoms with Crippen LogP contribution < -0.4 is 10.2 Å². The fraction of sp³-hybridized carbons (Fsp3) is 0.318. The molecule has 6 nitrogen and oxygen atoms in total. The van der Waals surface area contributed by atoms with Crippen molar-refractivity contribution in [2.24, 2.45) is 0 Å². The Morgan fingerprint density at radius 3 is 2.70 bits per heavy atom. The summed E-state index contributed by atoms with van der Waals surface area (Å²) in [4.78, 5) is 41.1. The molecular formula is C22H21F2N3O3. The van der Waals surface area contributed by atoms with E-state index in [2.05, 4.69) is 5.32 Å². The number of amides is 3. The van der Waals surface area contributed by atoms with Gasteiger partial charge >= 0.3 is 0 Å². The summed E-state index contributed by atoms with van der Waals surface area (Å²) < 4.78 is 27.0. The molecule has 8 heteroatoms. The smallest absolute Gasteiger partial charge is 0.257 e. The number of hydrogen-bond donors (Lipinski definition) is 1. The summed E-state index contributed by atoms with van der Waals surface area (Å²) in [6, 6.07) is 10.6. The Kier molecular flexibility index (Phi) is 5.01. The van der Waals surface area contributed by atoms with E-state index in [1.54, 1.807) is 34.1 Å². The summed E-state index contributed by atoms with van der Waals surface area (Å²) >= 11 is 0. The van der Waals surface area contributed by atoms with E-state index in [0.29, 0.717) is 30.5 Å². The van der Waals surface area contributed by atoms with E-state index >= 15 is 0 Å². The third kappa shape index (κ3) is 3.22. The number of para-hydroxylation sites is 1. The molecule has 0 aliphatic carbocycles. The van der Waals surface area contributed by atoms with Crippen molar-refractivity contribution in [2.45, 2.75) is 38.3 Å². The van der Waals surface area contributed by atoms with Crippen LogP contribution >= 0.6 is 0 Å². The number of carbonyl (C=O) groups excluding carboxylic acids is 3. The van der Waals surface area contributed by atoms with Crippen LogP contribution in [0.2, 0.25) is 0 Å². The number of halogens is 2. The van der Waals surface area contributed by atoms with Gasteiger partial charge in [-0.15, -0.1) is 0 Å². The van der Waals surface area contributed by atoms with Crippen LogP contribution in [0.1, 0.15) is 43.0 Å². The number of hydrogen-bond acceptors (Lipinski definition) is 3. The van der Waals surface area contributed by atoms with Crippen molar-refractivity contribution in [3.05, 3.63) is 59.7 Å². The molecule has 1 fully saturated rings. The van der Waals surface area contributed by atoms with Gasteiger partial charge in [-0.1, -0.05) is 18.2 Å². The maximum Gasteiger partial charge on any atom is 0.257 e. The Labute approximate surface area is 172 Å². The number of fused-ring (bicyclic) bond motifs is 3. The van der Waals surface area contributed by atoms with Gasteiger partial charge in [0.1, 0.15) is 5.66 Å². The Bertz CT molecular complexity index is 1040. The highest BCUT2D eigenvalue weighted by Crippen LogP contribution is 2.44. The van der Waals surface area contributed by atoms with Crippen LogP contribution in [0.3, 0.4) is 0 Å². The Hall–Kier alpha value is -3.29. The minimum atomic E-state index is -1.11. The molecule has 156 valence electrons. The molecule has 2 aliphatic rings. The first-order valence-corrected chi connectivity index (χ1v) is 9.81. The summed E-state index contributed by atoms with van der Waals surface area (Å²) in [6.07, 6.45) is 1.18. The molecule has 1 N–H and O–H groups in total. The molecule has 30 heavy (non-hydrogen) atoms. The lowest BCUT2D eigenvalue weighted by atomic mass is 9.98. The van der Waals surface area contributed by atoms with Gasteiger partial charge in [-0.05, 0) is 44.0 Å². The average Bonchev–Trinajstić information content (AvgIpc) is 3.03. The molecule has 2 aliphatic heterocycles. The third-order valence-corrected chi connectivity index (χ3v) is 5.76. The monoisotopic (exact) mass is 413 g/mol. The van der Waals surface area contributed by atoms with E-state index in [9.17, 15) is 23.2 Å². The molecule has 2 aromatic rings. The Morgan fingerprint density at radius 1 is 1.13 bits per heavy atom. The van der Waals surface area contributed by atoms with Gasteiger partial charge in [-0.25, -0.2) is 8.78 Å². The van der Waals surface area contributed by atoms with Crippen LogP contribution in [-0.2, 0) is 9.59 Å². The van der Waals surface area contributed by atoms with E-state index in [1.807, 2.05) is 6.92 Å². The summed E-state index contributed by atoms with van der Waals surface area (Å²) in [7, 11) is 0. The SMILES string of the molecule is CC12CCC(=O)N1c1ccccc1C(=O)N2CCCC(=O)Nc1cccc(F)c1F. The zero-order chi connectivity index (χ0) is 21.5. The van der Waals surface area contributed by atoms with Gasteiger partial charge in [0.05, 0.1) is 16.9 Å². The van der Waals surface area contributed by atoms with Crippen LogP contribution in [-0.4, -0.2) is 34.8 Å². The number of nitrogens with zero attached hydrogens (tertiary/aromatic N) is 2. The van der Waals surface area contributed by atoms with Crippen molar-refractivity contribution in [3.63, 3.8) is 0 Å². The average molecular weight is 413 g/mol. The largest absolute Gasteiger partial charge is 0.324 e. The fourth-order valence-corrected chi connectivity index (χ4v) is 4.25. The molecule has 0 radical (unpaired) electrons.